The number of aldehydes is 1. The molecular formula is C7H6N2O5. The molecular weight excluding hydrogens is 192 g/mol. The van der Waals surface area contributed by atoms with E-state index in [0.29, 0.717) is 0 Å². The fraction of sp³-hybridized carbons (Fsp3) is 0.143. The first kappa shape index (κ1) is 9.90. The van der Waals surface area contributed by atoms with Gasteiger partial charge in [0.05, 0.1) is 12.0 Å². The Kier molecular flexibility index (Phi) is 2.61. The first-order chi connectivity index (χ1) is 6.60. The Balaban J connectivity index is 3.50. The molecule has 0 spiro atoms. The van der Waals surface area contributed by atoms with Gasteiger partial charge in [-0.3, -0.25) is 24.7 Å². The molecule has 7 heteroatoms. The summed E-state index contributed by atoms with van der Waals surface area (Å²) in [5.74, 6) is 0.00250. The molecule has 1 rings (SSSR count). The number of carbonyl (C=O) groups is 1. The fourth-order valence-corrected chi connectivity index (χ4v) is 0.936. The summed E-state index contributed by atoms with van der Waals surface area (Å²) in [6, 6.07) is 1.09. The predicted octanol–water partition coefficient (Wildman–Crippen LogP) is 0.104. The van der Waals surface area contributed by atoms with Gasteiger partial charge in [-0.15, -0.1) is 0 Å². The zero-order valence-corrected chi connectivity index (χ0v) is 7.14. The van der Waals surface area contributed by atoms with Gasteiger partial charge in [-0.05, 0) is 0 Å². The lowest BCUT2D eigenvalue weighted by Gasteiger charge is -1.99. The molecule has 0 bridgehead atoms. The van der Waals surface area contributed by atoms with Crippen molar-refractivity contribution in [3.63, 3.8) is 0 Å². The normalized spacial score (nSPS) is 9.50. The summed E-state index contributed by atoms with van der Waals surface area (Å²) < 4.78 is 4.64. The fourth-order valence-electron chi connectivity index (χ4n) is 0.936. The van der Waals surface area contributed by atoms with Crippen LogP contribution in [-0.2, 0) is 0 Å². The highest BCUT2D eigenvalue weighted by Gasteiger charge is 2.19. The van der Waals surface area contributed by atoms with Crippen LogP contribution in [0.25, 0.3) is 0 Å². The van der Waals surface area contributed by atoms with E-state index in [0.717, 1.165) is 6.07 Å². The summed E-state index contributed by atoms with van der Waals surface area (Å²) in [4.78, 5) is 33.1. The molecule has 7 nitrogen and oxygen atoms in total. The van der Waals surface area contributed by atoms with E-state index in [-0.39, 0.29) is 17.7 Å². The van der Waals surface area contributed by atoms with Crippen molar-refractivity contribution in [2.45, 2.75) is 0 Å². The lowest BCUT2D eigenvalue weighted by molar-refractivity contribution is -0.386. The molecule has 14 heavy (non-hydrogen) atoms. The Morgan fingerprint density at radius 1 is 1.64 bits per heavy atom. The highest BCUT2D eigenvalue weighted by Crippen LogP contribution is 2.14. The van der Waals surface area contributed by atoms with Crippen LogP contribution >= 0.6 is 0 Å². The van der Waals surface area contributed by atoms with Crippen molar-refractivity contribution >= 4 is 12.0 Å². The summed E-state index contributed by atoms with van der Waals surface area (Å²) >= 11 is 0. The molecule has 1 aromatic heterocycles. The third-order valence-corrected chi connectivity index (χ3v) is 1.54. The number of hydrogen-bond donors (Lipinski definition) is 1. The molecule has 1 heterocycles. The zero-order chi connectivity index (χ0) is 10.7. The molecule has 0 aliphatic rings. The van der Waals surface area contributed by atoms with Crippen LogP contribution in [0.15, 0.2) is 10.9 Å². The first-order valence-corrected chi connectivity index (χ1v) is 3.51. The van der Waals surface area contributed by atoms with Gasteiger partial charge >= 0.3 is 11.2 Å². The molecule has 0 aliphatic heterocycles. The molecule has 1 N–H and O–H groups in total. The van der Waals surface area contributed by atoms with Gasteiger partial charge in [-0.1, -0.05) is 0 Å². The number of H-pyrrole nitrogens is 1. The molecule has 74 valence electrons. The topological polar surface area (TPSA) is 102 Å². The largest absolute Gasteiger partial charge is 0.482 e. The summed E-state index contributed by atoms with van der Waals surface area (Å²) in [6.07, 6.45) is 0.232. The zero-order valence-electron chi connectivity index (χ0n) is 7.14. The summed E-state index contributed by atoms with van der Waals surface area (Å²) in [6.45, 7) is 0. The number of pyridine rings is 1. The molecule has 0 aromatic carbocycles. The quantitative estimate of drug-likeness (QED) is 0.421. The summed E-state index contributed by atoms with van der Waals surface area (Å²) in [5.41, 5.74) is -2.05. The molecule has 0 amide bonds. The van der Waals surface area contributed by atoms with Crippen molar-refractivity contribution in [1.29, 1.82) is 0 Å². The second-order valence-corrected chi connectivity index (χ2v) is 2.35. The minimum Gasteiger partial charge on any atom is -0.482 e. The number of aromatic nitrogens is 1. The SMILES string of the molecule is COc1cc(C=O)c([N+](=O)[O-])c(=O)[nH]1. The van der Waals surface area contributed by atoms with Gasteiger partial charge in [0.2, 0.25) is 0 Å². The third-order valence-electron chi connectivity index (χ3n) is 1.54. The maximum Gasteiger partial charge on any atom is 0.344 e. The number of nitro groups is 1. The molecule has 0 saturated heterocycles. The van der Waals surface area contributed by atoms with Crippen LogP contribution in [0.5, 0.6) is 5.88 Å². The van der Waals surface area contributed by atoms with Gasteiger partial charge < -0.3 is 4.74 Å². The van der Waals surface area contributed by atoms with Crippen molar-refractivity contribution in [2.24, 2.45) is 0 Å². The highest BCUT2D eigenvalue weighted by atomic mass is 16.6. The number of methoxy groups -OCH3 is 1. The van der Waals surface area contributed by atoms with E-state index in [2.05, 4.69) is 9.72 Å². The van der Waals surface area contributed by atoms with E-state index in [1.165, 1.54) is 7.11 Å². The third kappa shape index (κ3) is 1.60. The van der Waals surface area contributed by atoms with Crippen LogP contribution in [0.1, 0.15) is 10.4 Å². The Bertz CT molecular complexity index is 436. The number of rotatable bonds is 3. The first-order valence-electron chi connectivity index (χ1n) is 3.51. The van der Waals surface area contributed by atoms with Crippen molar-refractivity contribution in [3.8, 4) is 5.88 Å². The average molecular weight is 198 g/mol. The number of nitrogens with one attached hydrogen (secondary N) is 1. The second kappa shape index (κ2) is 3.69. The maximum absolute atomic E-state index is 11.1. The molecule has 1 aromatic rings. The van der Waals surface area contributed by atoms with Gasteiger partial charge in [-0.2, -0.15) is 0 Å². The smallest absolute Gasteiger partial charge is 0.344 e. The van der Waals surface area contributed by atoms with E-state index in [1.54, 1.807) is 0 Å². The van der Waals surface area contributed by atoms with E-state index >= 15 is 0 Å². The van der Waals surface area contributed by atoms with E-state index < -0.39 is 16.2 Å². The van der Waals surface area contributed by atoms with Crippen LogP contribution in [0.3, 0.4) is 0 Å². The number of ether oxygens (including phenoxy) is 1. The van der Waals surface area contributed by atoms with Crippen LogP contribution < -0.4 is 10.3 Å². The lowest BCUT2D eigenvalue weighted by atomic mass is 10.2. The number of nitrogens with zero attached hydrogens (tertiary/aromatic N) is 1. The van der Waals surface area contributed by atoms with Crippen molar-refractivity contribution < 1.29 is 14.5 Å². The number of carbonyl (C=O) groups excluding carboxylic acids is 1. The Labute approximate surface area is 77.5 Å². The highest BCUT2D eigenvalue weighted by molar-refractivity contribution is 5.81. The summed E-state index contributed by atoms with van der Waals surface area (Å²) in [5, 5.41) is 10.4. The molecule has 0 aliphatic carbocycles. The standard InChI is InChI=1S/C7H6N2O5/c1-14-5-2-4(3-10)6(9(12)13)7(11)8-5/h2-3H,1H3,(H,8,11). The lowest BCUT2D eigenvalue weighted by Crippen LogP contribution is -2.14. The van der Waals surface area contributed by atoms with E-state index in [9.17, 15) is 19.7 Å². The molecule has 0 unspecified atom stereocenters. The van der Waals surface area contributed by atoms with Gasteiger partial charge in [0.15, 0.2) is 12.2 Å². The summed E-state index contributed by atoms with van der Waals surface area (Å²) in [7, 11) is 1.27. The van der Waals surface area contributed by atoms with Crippen LogP contribution in [0.2, 0.25) is 0 Å². The van der Waals surface area contributed by atoms with E-state index in [1.807, 2.05) is 0 Å². The Hall–Kier alpha value is -2.18. The van der Waals surface area contributed by atoms with Crippen molar-refractivity contribution in [2.75, 3.05) is 7.11 Å². The van der Waals surface area contributed by atoms with Crippen molar-refractivity contribution in [3.05, 3.63) is 32.1 Å². The van der Waals surface area contributed by atoms with Crippen molar-refractivity contribution in [1.82, 2.24) is 4.98 Å². The minimum atomic E-state index is -0.962. The van der Waals surface area contributed by atoms with E-state index in [4.69, 9.17) is 0 Å². The number of aromatic amines is 1. The average Bonchev–Trinajstić information content (AvgIpc) is 2.15. The van der Waals surface area contributed by atoms with Gasteiger partial charge in [0.25, 0.3) is 0 Å². The van der Waals surface area contributed by atoms with Crippen LogP contribution in [0.4, 0.5) is 5.69 Å². The van der Waals surface area contributed by atoms with Gasteiger partial charge in [-0.25, -0.2) is 0 Å². The maximum atomic E-state index is 11.1. The van der Waals surface area contributed by atoms with Gasteiger partial charge in [0, 0.05) is 6.07 Å². The molecule has 0 atom stereocenters. The Morgan fingerprint density at radius 3 is 2.71 bits per heavy atom. The van der Waals surface area contributed by atoms with Crippen LogP contribution in [-0.4, -0.2) is 23.3 Å². The monoisotopic (exact) mass is 198 g/mol. The Morgan fingerprint density at radius 2 is 2.29 bits per heavy atom. The predicted molar refractivity (Wildman–Crippen MR) is 45.7 cm³/mol. The minimum absolute atomic E-state index is 0.00250. The second-order valence-electron chi connectivity index (χ2n) is 2.35. The van der Waals surface area contributed by atoms with Crippen LogP contribution in [0, 0.1) is 10.1 Å². The van der Waals surface area contributed by atoms with Gasteiger partial charge in [0.1, 0.15) is 5.56 Å². The molecule has 0 radical (unpaired) electrons. The number of hydrogen-bond acceptors (Lipinski definition) is 5. The molecule has 0 saturated carbocycles. The molecule has 0 fully saturated rings.